The Labute approximate surface area is 62.6 Å². The van der Waals surface area contributed by atoms with Crippen molar-refractivity contribution in [1.29, 1.82) is 0 Å². The Kier molecular flexibility index (Phi) is 1.23. The molecule has 0 bridgehead atoms. The number of rotatable bonds is 0. The molecule has 0 unspecified atom stereocenters. The summed E-state index contributed by atoms with van der Waals surface area (Å²) in [5.74, 6) is 0. The van der Waals surface area contributed by atoms with E-state index < -0.39 is 0 Å². The quantitative estimate of drug-likeness (QED) is 0.447. The van der Waals surface area contributed by atoms with Crippen LogP contribution in [0.4, 0.5) is 0 Å². The molecule has 0 heteroatoms. The maximum absolute atomic E-state index is 2.41. The van der Waals surface area contributed by atoms with Crippen LogP contribution in [0.5, 0.6) is 0 Å². The molecule has 0 aromatic heterocycles. The normalized spacial score (nSPS) is 27.9. The Bertz CT molecular complexity index is 188. The van der Waals surface area contributed by atoms with Gasteiger partial charge in [-0.05, 0) is 38.0 Å². The van der Waals surface area contributed by atoms with E-state index in [1.54, 1.807) is 5.57 Å². The van der Waals surface area contributed by atoms with E-state index in [0.717, 1.165) is 0 Å². The molecule has 2 rings (SSSR count). The lowest BCUT2D eigenvalue weighted by atomic mass is 9.82. The molecule has 0 fully saturated rings. The minimum atomic E-state index is 0.657. The van der Waals surface area contributed by atoms with E-state index in [-0.39, 0.29) is 0 Å². The Balaban J connectivity index is 2.09. The number of hydrogen-bond acceptors (Lipinski definition) is 0. The molecule has 2 aliphatic rings. The molecule has 0 atom stereocenters. The molecular formula is C10H14. The van der Waals surface area contributed by atoms with Crippen molar-refractivity contribution in [2.45, 2.75) is 32.6 Å². The van der Waals surface area contributed by atoms with Gasteiger partial charge in [0.05, 0.1) is 0 Å². The Hall–Kier alpha value is -0.520. The van der Waals surface area contributed by atoms with Gasteiger partial charge in [0.15, 0.2) is 0 Å². The summed E-state index contributed by atoms with van der Waals surface area (Å²) >= 11 is 0. The van der Waals surface area contributed by atoms with Gasteiger partial charge in [-0.15, -0.1) is 0 Å². The first kappa shape index (κ1) is 6.21. The molecular weight excluding hydrogens is 120 g/mol. The fourth-order valence-corrected chi connectivity index (χ4v) is 2.19. The minimum Gasteiger partial charge on any atom is -0.0879 e. The smallest absolute Gasteiger partial charge is 0.0157 e. The molecule has 0 heterocycles. The van der Waals surface area contributed by atoms with Gasteiger partial charge < -0.3 is 0 Å². The van der Waals surface area contributed by atoms with Gasteiger partial charge in [-0.25, -0.2) is 0 Å². The van der Waals surface area contributed by atoms with Crippen LogP contribution >= 0.6 is 0 Å². The summed E-state index contributed by atoms with van der Waals surface area (Å²) < 4.78 is 0. The highest BCUT2D eigenvalue weighted by Crippen LogP contribution is 2.46. The van der Waals surface area contributed by atoms with Gasteiger partial charge in [-0.3, -0.25) is 0 Å². The topological polar surface area (TPSA) is 0 Å². The van der Waals surface area contributed by atoms with Crippen molar-refractivity contribution >= 4 is 0 Å². The van der Waals surface area contributed by atoms with Crippen LogP contribution in [0.1, 0.15) is 32.6 Å². The van der Waals surface area contributed by atoms with Crippen LogP contribution in [-0.4, -0.2) is 0 Å². The van der Waals surface area contributed by atoms with Crippen molar-refractivity contribution in [2.24, 2.45) is 5.41 Å². The summed E-state index contributed by atoms with van der Waals surface area (Å²) in [5, 5.41) is 0. The van der Waals surface area contributed by atoms with Gasteiger partial charge in [0.1, 0.15) is 0 Å². The average Bonchev–Trinajstić information content (AvgIpc) is 2.46. The van der Waals surface area contributed by atoms with Crippen molar-refractivity contribution in [2.75, 3.05) is 0 Å². The van der Waals surface area contributed by atoms with E-state index in [0.29, 0.717) is 5.41 Å². The van der Waals surface area contributed by atoms with Gasteiger partial charge in [0.25, 0.3) is 0 Å². The predicted octanol–water partition coefficient (Wildman–Crippen LogP) is 3.06. The maximum atomic E-state index is 2.41. The molecule has 0 aliphatic heterocycles. The minimum absolute atomic E-state index is 0.657. The number of allylic oxidation sites excluding steroid dienone is 4. The lowest BCUT2D eigenvalue weighted by Gasteiger charge is -2.22. The van der Waals surface area contributed by atoms with Crippen LogP contribution in [0.15, 0.2) is 23.8 Å². The third kappa shape index (κ3) is 0.828. The maximum Gasteiger partial charge on any atom is -0.0157 e. The van der Waals surface area contributed by atoms with E-state index in [1.165, 1.54) is 25.7 Å². The molecule has 0 aromatic carbocycles. The zero-order valence-corrected chi connectivity index (χ0v) is 6.56. The lowest BCUT2D eigenvalue weighted by molar-refractivity contribution is 0.334. The SMILES string of the molecule is CC1=CCC2(CC=CC2)C1. The Morgan fingerprint density at radius 1 is 1.20 bits per heavy atom. The van der Waals surface area contributed by atoms with E-state index >= 15 is 0 Å². The highest BCUT2D eigenvalue weighted by atomic mass is 14.4. The monoisotopic (exact) mass is 134 g/mol. The van der Waals surface area contributed by atoms with Crippen molar-refractivity contribution in [3.8, 4) is 0 Å². The second-order valence-electron chi connectivity index (χ2n) is 3.81. The molecule has 54 valence electrons. The third-order valence-electron chi connectivity index (χ3n) is 2.81. The standard InChI is InChI=1S/C10H14/c1-9-4-7-10(8-9)5-2-3-6-10/h2-4H,5-8H2,1H3. The zero-order valence-electron chi connectivity index (χ0n) is 6.56. The van der Waals surface area contributed by atoms with Crippen molar-refractivity contribution in [1.82, 2.24) is 0 Å². The van der Waals surface area contributed by atoms with E-state index in [9.17, 15) is 0 Å². The number of hydrogen-bond donors (Lipinski definition) is 0. The Morgan fingerprint density at radius 2 is 1.90 bits per heavy atom. The average molecular weight is 134 g/mol. The van der Waals surface area contributed by atoms with Crippen molar-refractivity contribution in [3.05, 3.63) is 23.8 Å². The summed E-state index contributed by atoms with van der Waals surface area (Å²) in [4.78, 5) is 0. The molecule has 0 radical (unpaired) electrons. The highest BCUT2D eigenvalue weighted by molar-refractivity contribution is 5.18. The summed E-state index contributed by atoms with van der Waals surface area (Å²) in [6.45, 7) is 2.26. The second-order valence-corrected chi connectivity index (χ2v) is 3.81. The van der Waals surface area contributed by atoms with Crippen LogP contribution in [0.25, 0.3) is 0 Å². The molecule has 10 heavy (non-hydrogen) atoms. The summed E-state index contributed by atoms with van der Waals surface area (Å²) in [6, 6.07) is 0. The van der Waals surface area contributed by atoms with E-state index in [4.69, 9.17) is 0 Å². The van der Waals surface area contributed by atoms with Crippen molar-refractivity contribution < 1.29 is 0 Å². The van der Waals surface area contributed by atoms with Gasteiger partial charge in [0.2, 0.25) is 0 Å². The highest BCUT2D eigenvalue weighted by Gasteiger charge is 2.33. The first-order valence-corrected chi connectivity index (χ1v) is 4.11. The van der Waals surface area contributed by atoms with Crippen LogP contribution in [-0.2, 0) is 0 Å². The fourth-order valence-electron chi connectivity index (χ4n) is 2.19. The summed E-state index contributed by atoms with van der Waals surface area (Å²) in [5.41, 5.74) is 2.26. The molecule has 0 aromatic rings. The van der Waals surface area contributed by atoms with Crippen molar-refractivity contribution in [3.63, 3.8) is 0 Å². The third-order valence-corrected chi connectivity index (χ3v) is 2.81. The van der Waals surface area contributed by atoms with Crippen LogP contribution in [0.3, 0.4) is 0 Å². The molecule has 0 N–H and O–H groups in total. The van der Waals surface area contributed by atoms with E-state index in [1.807, 2.05) is 0 Å². The molecule has 0 amide bonds. The van der Waals surface area contributed by atoms with Gasteiger partial charge in [-0.2, -0.15) is 0 Å². The van der Waals surface area contributed by atoms with Crippen LogP contribution in [0, 0.1) is 5.41 Å². The van der Waals surface area contributed by atoms with Gasteiger partial charge in [-0.1, -0.05) is 23.8 Å². The van der Waals surface area contributed by atoms with E-state index in [2.05, 4.69) is 25.2 Å². The largest absolute Gasteiger partial charge is 0.0879 e. The lowest BCUT2D eigenvalue weighted by Crippen LogP contribution is -2.11. The first-order valence-electron chi connectivity index (χ1n) is 4.11. The van der Waals surface area contributed by atoms with Gasteiger partial charge in [0, 0.05) is 0 Å². The second kappa shape index (κ2) is 1.98. The first-order chi connectivity index (χ1) is 4.81. The molecule has 0 nitrogen and oxygen atoms in total. The summed E-state index contributed by atoms with van der Waals surface area (Å²) in [6.07, 6.45) is 12.4. The summed E-state index contributed by atoms with van der Waals surface area (Å²) in [7, 11) is 0. The van der Waals surface area contributed by atoms with Gasteiger partial charge >= 0.3 is 0 Å². The predicted molar refractivity (Wildman–Crippen MR) is 43.8 cm³/mol. The van der Waals surface area contributed by atoms with Crippen LogP contribution < -0.4 is 0 Å². The fraction of sp³-hybridized carbons (Fsp3) is 0.600. The molecule has 1 spiro atoms. The molecule has 0 saturated heterocycles. The molecule has 2 aliphatic carbocycles. The molecule has 0 saturated carbocycles. The zero-order chi connectivity index (χ0) is 7.03. The Morgan fingerprint density at radius 3 is 2.40 bits per heavy atom. The van der Waals surface area contributed by atoms with Crippen LogP contribution in [0.2, 0.25) is 0 Å².